The van der Waals surface area contributed by atoms with Crippen molar-refractivity contribution in [2.24, 2.45) is 5.73 Å². The van der Waals surface area contributed by atoms with Gasteiger partial charge in [0.2, 0.25) is 0 Å². The van der Waals surface area contributed by atoms with Crippen molar-refractivity contribution in [3.8, 4) is 0 Å². The van der Waals surface area contributed by atoms with Crippen molar-refractivity contribution in [1.29, 1.82) is 0 Å². The molecular weight excluding hydrogens is 276 g/mol. The molecule has 1 aliphatic carbocycles. The van der Waals surface area contributed by atoms with Gasteiger partial charge in [0.15, 0.2) is 0 Å². The van der Waals surface area contributed by atoms with Gasteiger partial charge in [0.1, 0.15) is 0 Å². The molecule has 17 heavy (non-hydrogen) atoms. The van der Waals surface area contributed by atoms with Crippen LogP contribution in [-0.4, -0.2) is 13.1 Å². The summed E-state index contributed by atoms with van der Waals surface area (Å²) in [5, 5.41) is 0. The fourth-order valence-corrected chi connectivity index (χ4v) is 3.33. The highest BCUT2D eigenvalue weighted by molar-refractivity contribution is 9.10. The number of benzene rings is 1. The molecule has 0 radical (unpaired) electrons. The molecule has 1 atom stereocenters. The van der Waals surface area contributed by atoms with Crippen LogP contribution >= 0.6 is 15.9 Å². The van der Waals surface area contributed by atoms with E-state index in [1.165, 1.54) is 36.9 Å². The highest BCUT2D eigenvalue weighted by Gasteiger charge is 2.20. The smallest absolute Gasteiger partial charge is 0.0377 e. The van der Waals surface area contributed by atoms with Crippen molar-refractivity contribution < 1.29 is 0 Å². The summed E-state index contributed by atoms with van der Waals surface area (Å²) in [6, 6.07) is 7.30. The van der Waals surface area contributed by atoms with Crippen LogP contribution in [0.25, 0.3) is 0 Å². The predicted molar refractivity (Wildman–Crippen MR) is 77.4 cm³/mol. The molecule has 0 bridgehead atoms. The number of hydrogen-bond donors (Lipinski definition) is 1. The van der Waals surface area contributed by atoms with Gasteiger partial charge >= 0.3 is 0 Å². The Morgan fingerprint density at radius 3 is 2.53 bits per heavy atom. The third kappa shape index (κ3) is 2.83. The first-order valence-corrected chi connectivity index (χ1v) is 7.16. The maximum atomic E-state index is 5.92. The molecule has 1 fully saturated rings. The first-order valence-electron chi connectivity index (χ1n) is 6.37. The molecule has 94 valence electrons. The lowest BCUT2D eigenvalue weighted by atomic mass is 10.1. The largest absolute Gasteiger partial charge is 0.372 e. The van der Waals surface area contributed by atoms with E-state index in [9.17, 15) is 0 Å². The molecule has 0 aliphatic heterocycles. The molecule has 2 rings (SSSR count). The van der Waals surface area contributed by atoms with Crippen LogP contribution in [-0.2, 0) is 0 Å². The summed E-state index contributed by atoms with van der Waals surface area (Å²) in [5.41, 5.74) is 8.38. The average Bonchev–Trinajstić information content (AvgIpc) is 2.80. The zero-order valence-corrected chi connectivity index (χ0v) is 12.2. The number of halogens is 1. The van der Waals surface area contributed by atoms with Gasteiger partial charge in [-0.3, -0.25) is 0 Å². The lowest BCUT2D eigenvalue weighted by Gasteiger charge is -2.27. The minimum absolute atomic E-state index is 0.0789. The van der Waals surface area contributed by atoms with Crippen molar-refractivity contribution in [2.45, 2.75) is 44.7 Å². The van der Waals surface area contributed by atoms with Gasteiger partial charge in [-0.15, -0.1) is 0 Å². The van der Waals surface area contributed by atoms with Crippen LogP contribution in [0.1, 0.15) is 44.2 Å². The van der Waals surface area contributed by atoms with Crippen molar-refractivity contribution in [2.75, 3.05) is 11.9 Å². The Labute approximate surface area is 112 Å². The number of rotatable bonds is 3. The van der Waals surface area contributed by atoms with E-state index in [0.29, 0.717) is 6.04 Å². The van der Waals surface area contributed by atoms with E-state index in [1.807, 2.05) is 6.92 Å². The Balaban J connectivity index is 2.18. The quantitative estimate of drug-likeness (QED) is 0.918. The molecule has 2 nitrogen and oxygen atoms in total. The SMILES string of the molecule is C[C@@H](N)c1ccc(N(C)C2CCCC2)cc1Br. The summed E-state index contributed by atoms with van der Waals surface area (Å²) in [6.07, 6.45) is 5.38. The van der Waals surface area contributed by atoms with Crippen LogP contribution in [0.5, 0.6) is 0 Å². The second kappa shape index (κ2) is 5.40. The van der Waals surface area contributed by atoms with Gasteiger partial charge in [-0.25, -0.2) is 0 Å². The number of anilines is 1. The monoisotopic (exact) mass is 296 g/mol. The molecule has 0 heterocycles. The fourth-order valence-electron chi connectivity index (χ4n) is 2.61. The minimum Gasteiger partial charge on any atom is -0.372 e. The molecule has 0 unspecified atom stereocenters. The Bertz CT molecular complexity index is 384. The summed E-state index contributed by atoms with van der Waals surface area (Å²) in [6.45, 7) is 2.01. The topological polar surface area (TPSA) is 29.3 Å². The summed E-state index contributed by atoms with van der Waals surface area (Å²) in [5.74, 6) is 0. The molecule has 0 saturated heterocycles. The van der Waals surface area contributed by atoms with Gasteiger partial charge in [0.25, 0.3) is 0 Å². The van der Waals surface area contributed by atoms with E-state index < -0.39 is 0 Å². The number of hydrogen-bond acceptors (Lipinski definition) is 2. The van der Waals surface area contributed by atoms with Gasteiger partial charge in [0.05, 0.1) is 0 Å². The second-order valence-corrected chi connectivity index (χ2v) is 5.90. The van der Waals surface area contributed by atoms with Crippen molar-refractivity contribution in [1.82, 2.24) is 0 Å². The van der Waals surface area contributed by atoms with E-state index in [1.54, 1.807) is 0 Å². The molecule has 1 saturated carbocycles. The van der Waals surface area contributed by atoms with Crippen molar-refractivity contribution in [3.05, 3.63) is 28.2 Å². The Hall–Kier alpha value is -0.540. The van der Waals surface area contributed by atoms with Crippen LogP contribution in [0.2, 0.25) is 0 Å². The maximum absolute atomic E-state index is 5.92. The number of nitrogens with zero attached hydrogens (tertiary/aromatic N) is 1. The summed E-state index contributed by atoms with van der Waals surface area (Å²) < 4.78 is 1.12. The Morgan fingerprint density at radius 1 is 1.35 bits per heavy atom. The average molecular weight is 297 g/mol. The van der Waals surface area contributed by atoms with E-state index in [0.717, 1.165) is 4.47 Å². The van der Waals surface area contributed by atoms with E-state index in [2.05, 4.69) is 46.1 Å². The fraction of sp³-hybridized carbons (Fsp3) is 0.571. The van der Waals surface area contributed by atoms with Crippen LogP contribution in [0.3, 0.4) is 0 Å². The maximum Gasteiger partial charge on any atom is 0.0377 e. The van der Waals surface area contributed by atoms with E-state index >= 15 is 0 Å². The van der Waals surface area contributed by atoms with Gasteiger partial charge < -0.3 is 10.6 Å². The summed E-state index contributed by atoms with van der Waals surface area (Å²) in [4.78, 5) is 2.41. The van der Waals surface area contributed by atoms with Crippen LogP contribution in [0.4, 0.5) is 5.69 Å². The lowest BCUT2D eigenvalue weighted by Crippen LogP contribution is -2.28. The van der Waals surface area contributed by atoms with Gasteiger partial charge in [-0.05, 0) is 37.5 Å². The minimum atomic E-state index is 0.0789. The van der Waals surface area contributed by atoms with Gasteiger partial charge in [0, 0.05) is 29.3 Å². The molecule has 2 N–H and O–H groups in total. The van der Waals surface area contributed by atoms with Crippen LogP contribution < -0.4 is 10.6 Å². The first-order chi connectivity index (χ1) is 8.09. The molecule has 0 spiro atoms. The highest BCUT2D eigenvalue weighted by Crippen LogP contribution is 2.31. The van der Waals surface area contributed by atoms with Gasteiger partial charge in [-0.1, -0.05) is 34.8 Å². The number of nitrogens with two attached hydrogens (primary N) is 1. The second-order valence-electron chi connectivity index (χ2n) is 5.04. The van der Waals surface area contributed by atoms with Crippen molar-refractivity contribution >= 4 is 21.6 Å². The van der Waals surface area contributed by atoms with Crippen molar-refractivity contribution in [3.63, 3.8) is 0 Å². The van der Waals surface area contributed by atoms with Crippen LogP contribution in [0.15, 0.2) is 22.7 Å². The molecule has 1 aliphatic rings. The van der Waals surface area contributed by atoms with E-state index in [4.69, 9.17) is 5.73 Å². The standard InChI is InChI=1S/C14H21BrN2/c1-10(16)13-8-7-12(9-14(13)15)17(2)11-5-3-4-6-11/h7-11H,3-6,16H2,1-2H3/t10-/m1/s1. The lowest BCUT2D eigenvalue weighted by molar-refractivity contribution is 0.653. The molecule has 1 aromatic carbocycles. The Morgan fingerprint density at radius 2 is 2.00 bits per heavy atom. The third-order valence-electron chi connectivity index (χ3n) is 3.75. The highest BCUT2D eigenvalue weighted by atomic mass is 79.9. The Kier molecular flexibility index (Phi) is 4.10. The third-order valence-corrected chi connectivity index (χ3v) is 4.44. The molecule has 0 amide bonds. The molecular formula is C14H21BrN2. The zero-order valence-electron chi connectivity index (χ0n) is 10.6. The first kappa shape index (κ1) is 12.9. The molecule has 1 aromatic rings. The molecule has 3 heteroatoms. The molecule has 0 aromatic heterocycles. The van der Waals surface area contributed by atoms with E-state index in [-0.39, 0.29) is 6.04 Å². The predicted octanol–water partition coefficient (Wildman–Crippen LogP) is 3.85. The zero-order chi connectivity index (χ0) is 12.4. The summed E-state index contributed by atoms with van der Waals surface area (Å²) >= 11 is 3.62. The van der Waals surface area contributed by atoms with Crippen LogP contribution in [0, 0.1) is 0 Å². The normalized spacial score (nSPS) is 18.4. The van der Waals surface area contributed by atoms with Gasteiger partial charge in [-0.2, -0.15) is 0 Å². The summed E-state index contributed by atoms with van der Waals surface area (Å²) in [7, 11) is 2.20.